The van der Waals surface area contributed by atoms with Gasteiger partial charge in [-0.15, -0.1) is 45.5 Å². The first-order valence-corrected chi connectivity index (χ1v) is 7.50. The molecule has 2 N–H and O–H groups in total. The van der Waals surface area contributed by atoms with E-state index >= 15 is 0 Å². The van der Waals surface area contributed by atoms with Crippen molar-refractivity contribution in [3.8, 4) is 0 Å². The third-order valence-corrected chi connectivity index (χ3v) is 3.91. The Morgan fingerprint density at radius 2 is 2.05 bits per heavy atom. The van der Waals surface area contributed by atoms with Gasteiger partial charge in [-0.05, 0) is 23.6 Å². The fourth-order valence-corrected chi connectivity index (χ4v) is 2.62. The minimum atomic E-state index is 0. The minimum Gasteiger partial charge on any atom is -0.352 e. The minimum absolute atomic E-state index is 0. The summed E-state index contributed by atoms with van der Waals surface area (Å²) >= 11 is 1.72. The Balaban J connectivity index is 0.00000176. The van der Waals surface area contributed by atoms with Crippen molar-refractivity contribution < 1.29 is 0 Å². The van der Waals surface area contributed by atoms with Crippen LogP contribution in [0.25, 0.3) is 5.65 Å². The van der Waals surface area contributed by atoms with Gasteiger partial charge in [0.15, 0.2) is 17.4 Å². The van der Waals surface area contributed by atoms with Crippen molar-refractivity contribution in [3.63, 3.8) is 0 Å². The second kappa shape index (κ2) is 8.08. The maximum atomic E-state index is 4.21. The number of halogens is 1. The third-order valence-electron chi connectivity index (χ3n) is 3.03. The van der Waals surface area contributed by atoms with Crippen molar-refractivity contribution in [2.45, 2.75) is 13.1 Å². The number of hydrogen-bond donors (Lipinski definition) is 2. The van der Waals surface area contributed by atoms with Crippen LogP contribution >= 0.6 is 35.3 Å². The molecule has 3 aromatic rings. The van der Waals surface area contributed by atoms with E-state index in [1.807, 2.05) is 34.9 Å². The standard InChI is InChI=1S/C14H16N6S.HI/c1-15-14(16-9-11-5-4-8-21-11)17-10-13-19-18-12-6-2-3-7-20(12)13;/h2-8H,9-10H2,1H3,(H2,15,16,17);1H. The van der Waals surface area contributed by atoms with Gasteiger partial charge in [0.05, 0.1) is 13.1 Å². The number of rotatable bonds is 4. The Morgan fingerprint density at radius 3 is 2.82 bits per heavy atom. The van der Waals surface area contributed by atoms with Crippen LogP contribution in [0.1, 0.15) is 10.7 Å². The first kappa shape index (κ1) is 16.7. The van der Waals surface area contributed by atoms with Crippen LogP contribution in [0.5, 0.6) is 0 Å². The molecule has 0 saturated heterocycles. The SMILES string of the molecule is CN=C(NCc1cccs1)NCc1nnc2ccccn12.I. The monoisotopic (exact) mass is 428 g/mol. The molecule has 6 nitrogen and oxygen atoms in total. The highest BCUT2D eigenvalue weighted by atomic mass is 127. The molecule has 0 aliphatic rings. The van der Waals surface area contributed by atoms with Gasteiger partial charge in [0.25, 0.3) is 0 Å². The van der Waals surface area contributed by atoms with E-state index in [4.69, 9.17) is 0 Å². The Morgan fingerprint density at radius 1 is 1.18 bits per heavy atom. The van der Waals surface area contributed by atoms with Gasteiger partial charge in [-0.25, -0.2) is 0 Å². The molecule has 3 rings (SSSR count). The molecule has 0 aromatic carbocycles. The van der Waals surface area contributed by atoms with Crippen LogP contribution in [0.2, 0.25) is 0 Å². The molecular weight excluding hydrogens is 411 g/mol. The van der Waals surface area contributed by atoms with Crippen molar-refractivity contribution in [2.24, 2.45) is 4.99 Å². The molecule has 0 bridgehead atoms. The molecule has 0 fully saturated rings. The summed E-state index contributed by atoms with van der Waals surface area (Å²) in [5.74, 6) is 1.60. The van der Waals surface area contributed by atoms with Crippen LogP contribution in [0.15, 0.2) is 46.9 Å². The molecule has 116 valence electrons. The zero-order chi connectivity index (χ0) is 14.5. The molecule has 0 aliphatic heterocycles. The van der Waals surface area contributed by atoms with Crippen LogP contribution in [0.4, 0.5) is 0 Å². The van der Waals surface area contributed by atoms with Crippen LogP contribution in [0, 0.1) is 0 Å². The van der Waals surface area contributed by atoms with Crippen LogP contribution in [0.3, 0.4) is 0 Å². The van der Waals surface area contributed by atoms with Crippen LogP contribution < -0.4 is 10.6 Å². The molecule has 0 radical (unpaired) electrons. The van der Waals surface area contributed by atoms with Crippen molar-refractivity contribution in [2.75, 3.05) is 7.05 Å². The van der Waals surface area contributed by atoms with E-state index in [0.29, 0.717) is 6.54 Å². The van der Waals surface area contributed by atoms with Gasteiger partial charge < -0.3 is 10.6 Å². The molecule has 8 heteroatoms. The molecule has 3 heterocycles. The smallest absolute Gasteiger partial charge is 0.191 e. The normalized spacial score (nSPS) is 11.2. The second-order valence-corrected chi connectivity index (χ2v) is 5.44. The number of aromatic nitrogens is 3. The number of aliphatic imine (C=N–C) groups is 1. The largest absolute Gasteiger partial charge is 0.352 e. The Hall–Kier alpha value is -1.68. The van der Waals surface area contributed by atoms with E-state index in [-0.39, 0.29) is 24.0 Å². The summed E-state index contributed by atoms with van der Waals surface area (Å²) < 4.78 is 1.96. The number of nitrogens with zero attached hydrogens (tertiary/aromatic N) is 4. The predicted octanol–water partition coefficient (Wildman–Crippen LogP) is 2.27. The lowest BCUT2D eigenvalue weighted by Gasteiger charge is -2.10. The maximum Gasteiger partial charge on any atom is 0.191 e. The van der Waals surface area contributed by atoms with E-state index in [1.54, 1.807) is 18.4 Å². The highest BCUT2D eigenvalue weighted by molar-refractivity contribution is 14.0. The van der Waals surface area contributed by atoms with Gasteiger partial charge in [-0.3, -0.25) is 9.39 Å². The summed E-state index contributed by atoms with van der Waals surface area (Å²) in [5.41, 5.74) is 0.843. The van der Waals surface area contributed by atoms with Crippen molar-refractivity contribution in [1.29, 1.82) is 0 Å². The highest BCUT2D eigenvalue weighted by Gasteiger charge is 2.05. The predicted molar refractivity (Wildman–Crippen MR) is 99.8 cm³/mol. The summed E-state index contributed by atoms with van der Waals surface area (Å²) in [5, 5.41) is 16.9. The highest BCUT2D eigenvalue weighted by Crippen LogP contribution is 2.07. The Kier molecular flexibility index (Phi) is 6.13. The molecule has 22 heavy (non-hydrogen) atoms. The number of guanidine groups is 1. The van der Waals surface area contributed by atoms with E-state index < -0.39 is 0 Å². The average Bonchev–Trinajstić information content (AvgIpc) is 3.17. The van der Waals surface area contributed by atoms with Gasteiger partial charge in [0, 0.05) is 18.1 Å². The number of fused-ring (bicyclic) bond motifs is 1. The van der Waals surface area contributed by atoms with Crippen molar-refractivity contribution >= 4 is 46.9 Å². The molecule has 0 unspecified atom stereocenters. The van der Waals surface area contributed by atoms with Crippen LogP contribution in [-0.2, 0) is 13.1 Å². The number of nitrogens with one attached hydrogen (secondary N) is 2. The number of pyridine rings is 1. The zero-order valence-corrected chi connectivity index (χ0v) is 15.2. The Bertz CT molecular complexity index is 737. The van der Waals surface area contributed by atoms with Gasteiger partial charge in [0.2, 0.25) is 0 Å². The molecule has 0 aliphatic carbocycles. The summed E-state index contributed by atoms with van der Waals surface area (Å²) in [6.07, 6.45) is 1.95. The zero-order valence-electron chi connectivity index (χ0n) is 12.1. The first-order valence-electron chi connectivity index (χ1n) is 6.62. The fourth-order valence-electron chi connectivity index (χ4n) is 1.98. The molecule has 0 spiro atoms. The second-order valence-electron chi connectivity index (χ2n) is 4.40. The summed E-state index contributed by atoms with van der Waals surface area (Å²) in [6, 6.07) is 9.98. The summed E-state index contributed by atoms with van der Waals surface area (Å²) in [4.78, 5) is 5.48. The van der Waals surface area contributed by atoms with Crippen molar-refractivity contribution in [3.05, 3.63) is 52.6 Å². The van der Waals surface area contributed by atoms with Gasteiger partial charge in [0.1, 0.15) is 0 Å². The molecule has 0 amide bonds. The van der Waals surface area contributed by atoms with Crippen molar-refractivity contribution in [1.82, 2.24) is 25.2 Å². The van der Waals surface area contributed by atoms with E-state index in [9.17, 15) is 0 Å². The van der Waals surface area contributed by atoms with Gasteiger partial charge in [-0.1, -0.05) is 12.1 Å². The summed E-state index contributed by atoms with van der Waals surface area (Å²) in [6.45, 7) is 1.33. The fraction of sp³-hybridized carbons (Fsp3) is 0.214. The van der Waals surface area contributed by atoms with E-state index in [1.165, 1.54) is 4.88 Å². The Labute approximate surface area is 149 Å². The lowest BCUT2D eigenvalue weighted by molar-refractivity contribution is 0.765. The van der Waals surface area contributed by atoms with Crippen LogP contribution in [-0.4, -0.2) is 27.6 Å². The molecule has 0 atom stereocenters. The number of hydrogen-bond acceptors (Lipinski definition) is 4. The van der Waals surface area contributed by atoms with Gasteiger partial charge >= 0.3 is 0 Å². The molecule has 0 saturated carbocycles. The third kappa shape index (κ3) is 3.95. The summed E-state index contributed by atoms with van der Waals surface area (Å²) in [7, 11) is 1.76. The molecule has 3 aromatic heterocycles. The average molecular weight is 428 g/mol. The first-order chi connectivity index (χ1) is 10.4. The quantitative estimate of drug-likeness (QED) is 0.380. The lowest BCUT2D eigenvalue weighted by Crippen LogP contribution is -2.36. The topological polar surface area (TPSA) is 66.6 Å². The molecular formula is C14H17IN6S. The number of thiophene rings is 1. The van der Waals surface area contributed by atoms with Gasteiger partial charge in [-0.2, -0.15) is 0 Å². The van der Waals surface area contributed by atoms with E-state index in [0.717, 1.165) is 24.0 Å². The lowest BCUT2D eigenvalue weighted by atomic mass is 10.4. The van der Waals surface area contributed by atoms with E-state index in [2.05, 4.69) is 37.3 Å². The maximum absolute atomic E-state index is 4.21.